The number of nitrogens with two attached hydrogens (primary N) is 2. The van der Waals surface area contributed by atoms with Crippen molar-refractivity contribution in [2.75, 3.05) is 6.54 Å². The second-order valence-electron chi connectivity index (χ2n) is 4.70. The molecular formula is C12H18N2O. The molecule has 15 heavy (non-hydrogen) atoms. The van der Waals surface area contributed by atoms with Crippen molar-refractivity contribution in [3.05, 3.63) is 22.4 Å². The van der Waals surface area contributed by atoms with Gasteiger partial charge in [0.25, 0.3) is 0 Å². The largest absolute Gasteiger partial charge is 0.396 e. The molecule has 2 aliphatic rings. The third-order valence-electron chi connectivity index (χ3n) is 3.71. The highest BCUT2D eigenvalue weighted by atomic mass is 16.1. The molecular weight excluding hydrogens is 188 g/mol. The minimum absolute atomic E-state index is 0.0437. The summed E-state index contributed by atoms with van der Waals surface area (Å²) in [5.41, 5.74) is 14.8. The Labute approximate surface area is 90.2 Å². The average molecular weight is 206 g/mol. The first-order valence-corrected chi connectivity index (χ1v) is 5.45. The van der Waals surface area contributed by atoms with Crippen molar-refractivity contribution < 1.29 is 4.79 Å². The molecule has 0 aromatic carbocycles. The number of hydrogen-bond donors (Lipinski definition) is 2. The molecule has 2 rings (SSSR count). The minimum atomic E-state index is -0.0437. The molecule has 1 fully saturated rings. The summed E-state index contributed by atoms with van der Waals surface area (Å²) in [5.74, 6) is 1.19. The van der Waals surface area contributed by atoms with E-state index in [4.69, 9.17) is 11.5 Å². The van der Waals surface area contributed by atoms with Gasteiger partial charge in [0.05, 0.1) is 5.70 Å². The SMILES string of the molecule is C/C1=C(\CN)C(=O)/C(N)=C(/C)C2C[C@@H]2C1. The number of rotatable bonds is 1. The lowest BCUT2D eigenvalue weighted by atomic mass is 9.92. The molecule has 0 aromatic heterocycles. The van der Waals surface area contributed by atoms with Gasteiger partial charge < -0.3 is 11.5 Å². The zero-order valence-corrected chi connectivity index (χ0v) is 9.34. The van der Waals surface area contributed by atoms with E-state index in [1.807, 2.05) is 13.8 Å². The molecule has 3 nitrogen and oxygen atoms in total. The van der Waals surface area contributed by atoms with Gasteiger partial charge in [-0.2, -0.15) is 0 Å². The topological polar surface area (TPSA) is 69.1 Å². The first-order valence-electron chi connectivity index (χ1n) is 5.45. The van der Waals surface area contributed by atoms with E-state index in [0.717, 1.165) is 23.1 Å². The maximum atomic E-state index is 12.0. The molecule has 0 amide bonds. The molecule has 0 radical (unpaired) electrons. The van der Waals surface area contributed by atoms with Gasteiger partial charge >= 0.3 is 0 Å². The maximum absolute atomic E-state index is 12.0. The van der Waals surface area contributed by atoms with Crippen molar-refractivity contribution >= 4 is 5.78 Å². The molecule has 1 unspecified atom stereocenters. The smallest absolute Gasteiger partial charge is 0.205 e. The zero-order chi connectivity index (χ0) is 11.2. The summed E-state index contributed by atoms with van der Waals surface area (Å²) in [4.78, 5) is 12.0. The van der Waals surface area contributed by atoms with Crippen LogP contribution in [-0.4, -0.2) is 12.3 Å². The fraction of sp³-hybridized carbons (Fsp3) is 0.583. The molecule has 0 saturated heterocycles. The van der Waals surface area contributed by atoms with E-state index in [9.17, 15) is 4.79 Å². The summed E-state index contributed by atoms with van der Waals surface area (Å²) in [6, 6.07) is 0. The third-order valence-corrected chi connectivity index (χ3v) is 3.71. The van der Waals surface area contributed by atoms with Crippen LogP contribution in [0, 0.1) is 11.8 Å². The Hall–Kier alpha value is -1.09. The van der Waals surface area contributed by atoms with Gasteiger partial charge in [0, 0.05) is 12.1 Å². The van der Waals surface area contributed by atoms with Gasteiger partial charge in [0.15, 0.2) is 0 Å². The number of carbonyl (C=O) groups excluding carboxylic acids is 1. The molecule has 0 spiro atoms. The molecule has 2 aliphatic carbocycles. The molecule has 4 N–H and O–H groups in total. The van der Waals surface area contributed by atoms with Crippen LogP contribution in [-0.2, 0) is 4.79 Å². The molecule has 1 saturated carbocycles. The van der Waals surface area contributed by atoms with Gasteiger partial charge in [-0.1, -0.05) is 5.57 Å². The maximum Gasteiger partial charge on any atom is 0.205 e. The molecule has 82 valence electrons. The van der Waals surface area contributed by atoms with Crippen molar-refractivity contribution in [3.63, 3.8) is 0 Å². The summed E-state index contributed by atoms with van der Waals surface area (Å²) in [6.45, 7) is 4.28. The lowest BCUT2D eigenvalue weighted by molar-refractivity contribution is -0.112. The van der Waals surface area contributed by atoms with Crippen molar-refractivity contribution in [1.82, 2.24) is 0 Å². The zero-order valence-electron chi connectivity index (χ0n) is 9.34. The number of allylic oxidation sites excluding steroid dienone is 3. The van der Waals surface area contributed by atoms with E-state index >= 15 is 0 Å². The second-order valence-corrected chi connectivity index (χ2v) is 4.70. The highest BCUT2D eigenvalue weighted by Gasteiger charge is 2.41. The number of carbonyl (C=O) groups is 1. The lowest BCUT2D eigenvalue weighted by Crippen LogP contribution is -2.23. The van der Waals surface area contributed by atoms with Crippen molar-refractivity contribution in [2.45, 2.75) is 26.7 Å². The van der Waals surface area contributed by atoms with E-state index in [1.165, 1.54) is 6.42 Å². The Morgan fingerprint density at radius 3 is 2.67 bits per heavy atom. The summed E-state index contributed by atoms with van der Waals surface area (Å²) < 4.78 is 0. The monoisotopic (exact) mass is 206 g/mol. The summed E-state index contributed by atoms with van der Waals surface area (Å²) in [6.07, 6.45) is 2.18. The van der Waals surface area contributed by atoms with Crippen LogP contribution < -0.4 is 11.5 Å². The van der Waals surface area contributed by atoms with Crippen LogP contribution in [0.4, 0.5) is 0 Å². The fourth-order valence-corrected chi connectivity index (χ4v) is 2.52. The van der Waals surface area contributed by atoms with Crippen LogP contribution in [0.2, 0.25) is 0 Å². The predicted molar refractivity (Wildman–Crippen MR) is 59.9 cm³/mol. The van der Waals surface area contributed by atoms with Crippen LogP contribution in [0.1, 0.15) is 26.7 Å². The van der Waals surface area contributed by atoms with Gasteiger partial charge in [-0.15, -0.1) is 0 Å². The Balaban J connectivity index is 2.44. The Morgan fingerprint density at radius 1 is 1.40 bits per heavy atom. The van der Waals surface area contributed by atoms with Crippen LogP contribution in [0.25, 0.3) is 0 Å². The quantitative estimate of drug-likeness (QED) is 0.675. The lowest BCUT2D eigenvalue weighted by Gasteiger charge is -2.15. The minimum Gasteiger partial charge on any atom is -0.396 e. The van der Waals surface area contributed by atoms with Gasteiger partial charge in [0.2, 0.25) is 5.78 Å². The van der Waals surface area contributed by atoms with E-state index in [2.05, 4.69) is 0 Å². The van der Waals surface area contributed by atoms with Crippen LogP contribution >= 0.6 is 0 Å². The van der Waals surface area contributed by atoms with Crippen molar-refractivity contribution in [1.29, 1.82) is 0 Å². The van der Waals surface area contributed by atoms with Gasteiger partial charge in [-0.3, -0.25) is 4.79 Å². The fourth-order valence-electron chi connectivity index (χ4n) is 2.52. The summed E-state index contributed by atoms with van der Waals surface area (Å²) in [5, 5.41) is 0. The number of hydrogen-bond acceptors (Lipinski definition) is 3. The molecule has 0 bridgehead atoms. The number of fused-ring (bicyclic) bond motifs is 1. The Morgan fingerprint density at radius 2 is 2.07 bits per heavy atom. The van der Waals surface area contributed by atoms with Crippen molar-refractivity contribution in [2.24, 2.45) is 23.3 Å². The van der Waals surface area contributed by atoms with Gasteiger partial charge in [0.1, 0.15) is 0 Å². The predicted octanol–water partition coefficient (Wildman–Crippen LogP) is 1.10. The highest BCUT2D eigenvalue weighted by Crippen LogP contribution is 2.49. The summed E-state index contributed by atoms with van der Waals surface area (Å²) >= 11 is 0. The Kier molecular flexibility index (Phi) is 2.43. The number of ketones is 1. The van der Waals surface area contributed by atoms with E-state index in [0.29, 0.717) is 24.1 Å². The van der Waals surface area contributed by atoms with Crippen LogP contribution in [0.3, 0.4) is 0 Å². The van der Waals surface area contributed by atoms with Crippen molar-refractivity contribution in [3.8, 4) is 0 Å². The average Bonchev–Trinajstić information content (AvgIpc) is 2.94. The third kappa shape index (κ3) is 1.61. The molecule has 0 aromatic rings. The molecule has 3 heteroatoms. The highest BCUT2D eigenvalue weighted by molar-refractivity contribution is 6.09. The van der Waals surface area contributed by atoms with Gasteiger partial charge in [-0.25, -0.2) is 0 Å². The normalized spacial score (nSPS) is 40.9. The standard InChI is InChI=1S/C12H18N2O/c1-6-3-8-4-9(8)7(2)11(14)12(15)10(6)5-13/h8-9H,3-5,13-14H2,1-2H3/b10-6-,11-7+/t8-,9?/m0/s1. The number of Topliss-reactive ketones (excluding diaryl/α,β-unsaturated/α-hetero) is 1. The van der Waals surface area contributed by atoms with E-state index in [-0.39, 0.29) is 5.78 Å². The van der Waals surface area contributed by atoms with E-state index in [1.54, 1.807) is 0 Å². The molecule has 0 aliphatic heterocycles. The first kappa shape index (κ1) is 10.4. The molecule has 0 heterocycles. The summed E-state index contributed by atoms with van der Waals surface area (Å²) in [7, 11) is 0. The first-order chi connectivity index (χ1) is 7.06. The van der Waals surface area contributed by atoms with Crippen LogP contribution in [0.15, 0.2) is 22.4 Å². The van der Waals surface area contributed by atoms with Crippen LogP contribution in [0.5, 0.6) is 0 Å². The van der Waals surface area contributed by atoms with E-state index < -0.39 is 0 Å². The van der Waals surface area contributed by atoms with Gasteiger partial charge in [-0.05, 0) is 44.1 Å². The second kappa shape index (κ2) is 3.49. The molecule has 2 atom stereocenters. The Bertz CT molecular complexity index is 379.